The zero-order valence-electron chi connectivity index (χ0n) is 20.1. The summed E-state index contributed by atoms with van der Waals surface area (Å²) >= 11 is 0. The molecule has 11 nitrogen and oxygen atoms in total. The zero-order chi connectivity index (χ0) is 26.4. The molecular formula is C25H27N3O8. The molecule has 1 unspecified atom stereocenters. The number of hydrogen-bond acceptors (Lipinski definition) is 7. The third-order valence-corrected chi connectivity index (χ3v) is 5.48. The molecule has 1 aliphatic heterocycles. The van der Waals surface area contributed by atoms with Crippen LogP contribution in [0.5, 0.6) is 11.5 Å². The molecule has 2 aromatic carbocycles. The van der Waals surface area contributed by atoms with Gasteiger partial charge in [0, 0.05) is 13.5 Å². The van der Waals surface area contributed by atoms with E-state index in [1.807, 2.05) is 0 Å². The average molecular weight is 498 g/mol. The second kappa shape index (κ2) is 11.3. The number of carbonyl (C=O) groups is 5. The van der Waals surface area contributed by atoms with E-state index in [9.17, 15) is 24.0 Å². The first kappa shape index (κ1) is 26.2. The van der Waals surface area contributed by atoms with Crippen molar-refractivity contribution in [3.63, 3.8) is 0 Å². The van der Waals surface area contributed by atoms with Crippen LogP contribution < -0.4 is 20.1 Å². The van der Waals surface area contributed by atoms with E-state index in [4.69, 9.17) is 14.6 Å². The smallest absolute Gasteiger partial charge is 0.305 e. The number of carbonyl (C=O) groups excluding carboxylic acids is 4. The lowest BCUT2D eigenvalue weighted by Crippen LogP contribution is -2.38. The van der Waals surface area contributed by atoms with Gasteiger partial charge in [0.2, 0.25) is 11.8 Å². The highest BCUT2D eigenvalue weighted by Crippen LogP contribution is 2.39. The lowest BCUT2D eigenvalue weighted by molar-refractivity contribution is -0.137. The van der Waals surface area contributed by atoms with Crippen LogP contribution in [-0.2, 0) is 14.4 Å². The zero-order valence-corrected chi connectivity index (χ0v) is 20.1. The minimum absolute atomic E-state index is 0.0347. The van der Waals surface area contributed by atoms with Crippen molar-refractivity contribution in [2.24, 2.45) is 0 Å². The third kappa shape index (κ3) is 5.62. The van der Waals surface area contributed by atoms with Crippen LogP contribution in [-0.4, -0.2) is 59.9 Å². The van der Waals surface area contributed by atoms with Gasteiger partial charge in [-0.05, 0) is 36.8 Å². The maximum atomic E-state index is 13.5. The Morgan fingerprint density at radius 2 is 1.83 bits per heavy atom. The maximum Gasteiger partial charge on any atom is 0.305 e. The van der Waals surface area contributed by atoms with Gasteiger partial charge in [-0.1, -0.05) is 12.1 Å². The largest absolute Gasteiger partial charge is 0.493 e. The highest BCUT2D eigenvalue weighted by molar-refractivity contribution is 6.24. The normalized spacial score (nSPS) is 13.1. The van der Waals surface area contributed by atoms with Crippen LogP contribution in [0.2, 0.25) is 0 Å². The summed E-state index contributed by atoms with van der Waals surface area (Å²) in [6, 6.07) is 8.32. The number of nitrogens with zero attached hydrogens (tertiary/aromatic N) is 1. The highest BCUT2D eigenvalue weighted by Gasteiger charge is 2.43. The highest BCUT2D eigenvalue weighted by atomic mass is 16.5. The Morgan fingerprint density at radius 1 is 1.08 bits per heavy atom. The number of carboxylic acids is 1. The molecule has 190 valence electrons. The summed E-state index contributed by atoms with van der Waals surface area (Å²) in [4.78, 5) is 63.1. The van der Waals surface area contributed by atoms with Gasteiger partial charge in [-0.15, -0.1) is 0 Å². The van der Waals surface area contributed by atoms with E-state index in [1.165, 1.54) is 26.2 Å². The molecule has 11 heteroatoms. The summed E-state index contributed by atoms with van der Waals surface area (Å²) in [6.07, 6.45) is -0.598. The Bertz CT molecular complexity index is 1210. The van der Waals surface area contributed by atoms with Gasteiger partial charge in [0.1, 0.15) is 0 Å². The second-order valence-electron chi connectivity index (χ2n) is 7.95. The summed E-state index contributed by atoms with van der Waals surface area (Å²) in [7, 11) is 1.47. The number of hydrogen-bond donors (Lipinski definition) is 3. The second-order valence-corrected chi connectivity index (χ2v) is 7.95. The minimum Gasteiger partial charge on any atom is -0.493 e. The Balaban J connectivity index is 2.03. The first-order valence-electron chi connectivity index (χ1n) is 11.3. The molecule has 1 aliphatic rings. The van der Waals surface area contributed by atoms with E-state index in [2.05, 4.69) is 10.6 Å². The summed E-state index contributed by atoms with van der Waals surface area (Å²) in [5, 5.41) is 13.9. The number of nitrogens with one attached hydrogen (secondary N) is 2. The molecule has 1 atom stereocenters. The fourth-order valence-electron chi connectivity index (χ4n) is 3.96. The van der Waals surface area contributed by atoms with Crippen LogP contribution in [0.25, 0.3) is 0 Å². The van der Waals surface area contributed by atoms with Gasteiger partial charge in [0.05, 0.1) is 49.4 Å². The predicted octanol–water partition coefficient (Wildman–Crippen LogP) is 2.37. The minimum atomic E-state index is -1.07. The van der Waals surface area contributed by atoms with E-state index >= 15 is 0 Å². The first-order chi connectivity index (χ1) is 17.2. The van der Waals surface area contributed by atoms with Gasteiger partial charge in [0.25, 0.3) is 11.8 Å². The molecule has 0 aliphatic carbocycles. The van der Waals surface area contributed by atoms with E-state index in [-0.39, 0.29) is 36.2 Å². The molecule has 0 spiro atoms. The van der Waals surface area contributed by atoms with Gasteiger partial charge in [-0.3, -0.25) is 28.9 Å². The molecular weight excluding hydrogens is 470 g/mol. The summed E-state index contributed by atoms with van der Waals surface area (Å²) in [6.45, 7) is 3.29. The quantitative estimate of drug-likeness (QED) is 0.400. The molecule has 36 heavy (non-hydrogen) atoms. The van der Waals surface area contributed by atoms with Gasteiger partial charge in [-0.2, -0.15) is 0 Å². The number of amides is 4. The standard InChI is InChI=1S/C25H27N3O8/c1-4-36-20-12-15(8-9-19(20)35-3)18(13-21(30)26-11-10-22(31)32)28-24(33)16-6-5-7-17(27-14(2)29)23(16)25(28)34/h5-9,12,18H,4,10-11,13H2,1-3H3,(H,26,30)(H,27,29)(H,31,32). The lowest BCUT2D eigenvalue weighted by Gasteiger charge is -2.27. The van der Waals surface area contributed by atoms with Crippen molar-refractivity contribution >= 4 is 35.3 Å². The van der Waals surface area contributed by atoms with E-state index in [1.54, 1.807) is 31.2 Å². The number of carboxylic acid groups (broad SMARTS) is 1. The van der Waals surface area contributed by atoms with Crippen molar-refractivity contribution in [3.8, 4) is 11.5 Å². The molecule has 1 heterocycles. The third-order valence-electron chi connectivity index (χ3n) is 5.48. The van der Waals surface area contributed by atoms with Gasteiger partial charge in [-0.25, -0.2) is 0 Å². The molecule has 0 fully saturated rings. The van der Waals surface area contributed by atoms with Crippen LogP contribution in [0.1, 0.15) is 59.0 Å². The molecule has 0 bridgehead atoms. The van der Waals surface area contributed by atoms with Crippen LogP contribution >= 0.6 is 0 Å². The topological polar surface area (TPSA) is 151 Å². The van der Waals surface area contributed by atoms with Crippen molar-refractivity contribution in [2.75, 3.05) is 25.6 Å². The summed E-state index contributed by atoms with van der Waals surface area (Å²) < 4.78 is 10.9. The van der Waals surface area contributed by atoms with E-state index in [0.717, 1.165) is 4.90 Å². The number of rotatable bonds is 11. The molecule has 0 saturated carbocycles. The fourth-order valence-corrected chi connectivity index (χ4v) is 3.96. The molecule has 4 amide bonds. The Kier molecular flexibility index (Phi) is 8.26. The van der Waals surface area contributed by atoms with E-state index < -0.39 is 35.6 Å². The number of methoxy groups -OCH3 is 1. The summed E-state index contributed by atoms with van der Waals surface area (Å²) in [5.41, 5.74) is 0.757. The van der Waals surface area contributed by atoms with Gasteiger partial charge in [0.15, 0.2) is 11.5 Å². The Morgan fingerprint density at radius 3 is 2.47 bits per heavy atom. The lowest BCUT2D eigenvalue weighted by atomic mass is 10.0. The van der Waals surface area contributed by atoms with Crippen LogP contribution in [0.4, 0.5) is 5.69 Å². The van der Waals surface area contributed by atoms with Gasteiger partial charge >= 0.3 is 5.97 Å². The SMILES string of the molecule is CCOc1cc(C(CC(=O)NCCC(=O)O)N2C(=O)c3cccc(NC(C)=O)c3C2=O)ccc1OC. The maximum absolute atomic E-state index is 13.5. The van der Waals surface area contributed by atoms with Crippen molar-refractivity contribution in [2.45, 2.75) is 32.7 Å². The van der Waals surface area contributed by atoms with Crippen molar-refractivity contribution < 1.29 is 38.6 Å². The van der Waals surface area contributed by atoms with Gasteiger partial charge < -0.3 is 25.2 Å². The van der Waals surface area contributed by atoms with Crippen LogP contribution in [0.3, 0.4) is 0 Å². The average Bonchev–Trinajstić information content (AvgIpc) is 3.08. The number of aliphatic carboxylic acids is 1. The predicted molar refractivity (Wildman–Crippen MR) is 128 cm³/mol. The van der Waals surface area contributed by atoms with Crippen molar-refractivity contribution in [3.05, 3.63) is 53.1 Å². The van der Waals surface area contributed by atoms with E-state index in [0.29, 0.717) is 23.7 Å². The Hall–Kier alpha value is -4.41. The molecule has 0 saturated heterocycles. The molecule has 3 rings (SSSR count). The summed E-state index contributed by atoms with van der Waals surface area (Å²) in [5.74, 6) is -2.53. The molecule has 3 N–H and O–H groups in total. The van der Waals surface area contributed by atoms with Crippen LogP contribution in [0, 0.1) is 0 Å². The van der Waals surface area contributed by atoms with Crippen molar-refractivity contribution in [1.29, 1.82) is 0 Å². The number of benzene rings is 2. The monoisotopic (exact) mass is 497 g/mol. The molecule has 0 aromatic heterocycles. The molecule has 0 radical (unpaired) electrons. The number of imide groups is 1. The van der Waals surface area contributed by atoms with Crippen molar-refractivity contribution in [1.82, 2.24) is 10.2 Å². The fraction of sp³-hybridized carbons (Fsp3) is 0.320. The number of fused-ring (bicyclic) bond motifs is 1. The number of anilines is 1. The van der Waals surface area contributed by atoms with Crippen LogP contribution in [0.15, 0.2) is 36.4 Å². The molecule has 2 aromatic rings. The number of ether oxygens (including phenoxy) is 2. The first-order valence-corrected chi connectivity index (χ1v) is 11.3. The Labute approximate surface area is 207 Å².